The SMILES string of the molecule is COc1ccc(C2c3c(-c4ccc(Cl)cc4)n[nH]c3C(=O)N2Cc2ccc(C)cc2)c(OC)c1. The number of carbonyl (C=O) groups excluding carboxylic acids is 1. The number of aromatic amines is 1. The van der Waals surface area contributed by atoms with E-state index in [1.807, 2.05) is 54.3 Å². The van der Waals surface area contributed by atoms with E-state index in [4.69, 9.17) is 21.1 Å². The average molecular weight is 474 g/mol. The quantitative estimate of drug-likeness (QED) is 0.384. The van der Waals surface area contributed by atoms with Crippen molar-refractivity contribution in [2.75, 3.05) is 14.2 Å². The molecule has 6 nitrogen and oxygen atoms in total. The van der Waals surface area contributed by atoms with Crippen LogP contribution >= 0.6 is 11.6 Å². The third-order valence-corrected chi connectivity index (χ3v) is 6.44. The number of benzene rings is 3. The van der Waals surface area contributed by atoms with Crippen LogP contribution in [0.4, 0.5) is 0 Å². The predicted octanol–water partition coefficient (Wildman–Crippen LogP) is 5.80. The maximum absolute atomic E-state index is 13.6. The Morgan fingerprint density at radius 2 is 1.74 bits per heavy atom. The summed E-state index contributed by atoms with van der Waals surface area (Å²) in [6, 6.07) is 21.0. The van der Waals surface area contributed by atoms with E-state index in [2.05, 4.69) is 34.5 Å². The highest BCUT2D eigenvalue weighted by Crippen LogP contribution is 2.46. The fraction of sp³-hybridized carbons (Fsp3) is 0.185. The van der Waals surface area contributed by atoms with Crippen molar-refractivity contribution in [3.8, 4) is 22.8 Å². The monoisotopic (exact) mass is 473 g/mol. The van der Waals surface area contributed by atoms with E-state index in [1.165, 1.54) is 5.56 Å². The molecule has 0 bridgehead atoms. The largest absolute Gasteiger partial charge is 0.497 e. The van der Waals surface area contributed by atoms with Gasteiger partial charge < -0.3 is 14.4 Å². The molecule has 0 radical (unpaired) electrons. The van der Waals surface area contributed by atoms with Crippen LogP contribution in [0, 0.1) is 6.92 Å². The van der Waals surface area contributed by atoms with E-state index >= 15 is 0 Å². The Morgan fingerprint density at radius 1 is 1.00 bits per heavy atom. The molecular weight excluding hydrogens is 450 g/mol. The molecule has 0 fully saturated rings. The minimum Gasteiger partial charge on any atom is -0.497 e. The lowest BCUT2D eigenvalue weighted by molar-refractivity contribution is 0.0728. The van der Waals surface area contributed by atoms with Gasteiger partial charge in [-0.15, -0.1) is 0 Å². The van der Waals surface area contributed by atoms with Gasteiger partial charge in [0.2, 0.25) is 0 Å². The van der Waals surface area contributed by atoms with Crippen LogP contribution < -0.4 is 9.47 Å². The number of carbonyl (C=O) groups is 1. The van der Waals surface area contributed by atoms with Crippen molar-refractivity contribution < 1.29 is 14.3 Å². The Balaban J connectivity index is 1.67. The Hall–Kier alpha value is -3.77. The number of H-pyrrole nitrogens is 1. The van der Waals surface area contributed by atoms with E-state index in [0.717, 1.165) is 22.3 Å². The molecule has 0 saturated carbocycles. The number of nitrogens with zero attached hydrogens (tertiary/aromatic N) is 2. The minimum absolute atomic E-state index is 0.105. The van der Waals surface area contributed by atoms with E-state index in [1.54, 1.807) is 14.2 Å². The smallest absolute Gasteiger partial charge is 0.273 e. The molecular formula is C27H24ClN3O3. The number of hydrogen-bond acceptors (Lipinski definition) is 4. The Kier molecular flexibility index (Phi) is 5.75. The van der Waals surface area contributed by atoms with E-state index in [-0.39, 0.29) is 5.91 Å². The molecule has 5 rings (SSSR count). The van der Waals surface area contributed by atoms with Crippen LogP contribution in [-0.4, -0.2) is 35.2 Å². The number of hydrogen-bond donors (Lipinski definition) is 1. The molecule has 1 atom stereocenters. The van der Waals surface area contributed by atoms with Gasteiger partial charge in [-0.1, -0.05) is 53.6 Å². The van der Waals surface area contributed by atoms with Crippen molar-refractivity contribution in [2.24, 2.45) is 0 Å². The molecule has 0 aliphatic carbocycles. The number of fused-ring (bicyclic) bond motifs is 1. The van der Waals surface area contributed by atoms with Gasteiger partial charge in [0.1, 0.15) is 17.2 Å². The number of aryl methyl sites for hydroxylation is 1. The number of nitrogens with one attached hydrogen (secondary N) is 1. The zero-order chi connectivity index (χ0) is 23.8. The number of amides is 1. The van der Waals surface area contributed by atoms with Gasteiger partial charge >= 0.3 is 0 Å². The maximum atomic E-state index is 13.6. The molecule has 1 aromatic heterocycles. The van der Waals surface area contributed by atoms with Crippen LogP contribution in [0.2, 0.25) is 5.02 Å². The van der Waals surface area contributed by atoms with Crippen LogP contribution in [0.25, 0.3) is 11.3 Å². The summed E-state index contributed by atoms with van der Waals surface area (Å²) < 4.78 is 11.1. The lowest BCUT2D eigenvalue weighted by Crippen LogP contribution is -2.29. The zero-order valence-corrected chi connectivity index (χ0v) is 19.9. The Labute approximate surface area is 203 Å². The number of methoxy groups -OCH3 is 2. The first-order valence-corrected chi connectivity index (χ1v) is 11.3. The molecule has 1 unspecified atom stereocenters. The van der Waals surface area contributed by atoms with E-state index < -0.39 is 6.04 Å². The van der Waals surface area contributed by atoms with E-state index in [0.29, 0.717) is 34.5 Å². The Morgan fingerprint density at radius 3 is 2.41 bits per heavy atom. The molecule has 172 valence electrons. The normalized spacial score (nSPS) is 14.9. The van der Waals surface area contributed by atoms with Crippen molar-refractivity contribution in [1.82, 2.24) is 15.1 Å². The molecule has 1 aliphatic heterocycles. The van der Waals surface area contributed by atoms with Gasteiger partial charge in [-0.2, -0.15) is 5.10 Å². The predicted molar refractivity (Wildman–Crippen MR) is 131 cm³/mol. The lowest BCUT2D eigenvalue weighted by atomic mass is 9.95. The summed E-state index contributed by atoms with van der Waals surface area (Å²) in [6.07, 6.45) is 0. The summed E-state index contributed by atoms with van der Waals surface area (Å²) in [7, 11) is 3.24. The number of rotatable bonds is 6. The first-order chi connectivity index (χ1) is 16.5. The van der Waals surface area contributed by atoms with Crippen LogP contribution in [0.15, 0.2) is 66.7 Å². The van der Waals surface area contributed by atoms with E-state index in [9.17, 15) is 4.79 Å². The second-order valence-corrected chi connectivity index (χ2v) is 8.73. The molecule has 1 amide bonds. The standard InChI is InChI=1S/C27H24ClN3O3/c1-16-4-6-17(7-5-16)15-31-26(21-13-12-20(33-2)14-22(21)34-3)23-24(29-30-25(23)27(31)32)18-8-10-19(28)11-9-18/h4-14,26H,15H2,1-3H3,(H,29,30). The van der Waals surface area contributed by atoms with Crippen molar-refractivity contribution >= 4 is 17.5 Å². The topological polar surface area (TPSA) is 67.5 Å². The zero-order valence-electron chi connectivity index (χ0n) is 19.1. The molecule has 4 aromatic rings. The van der Waals surface area contributed by atoms with Crippen molar-refractivity contribution in [3.63, 3.8) is 0 Å². The molecule has 1 N–H and O–H groups in total. The van der Waals surface area contributed by atoms with Gasteiger partial charge in [0, 0.05) is 34.3 Å². The maximum Gasteiger partial charge on any atom is 0.273 e. The fourth-order valence-corrected chi connectivity index (χ4v) is 4.57. The molecule has 34 heavy (non-hydrogen) atoms. The molecule has 1 aliphatic rings. The first-order valence-electron chi connectivity index (χ1n) is 10.9. The summed E-state index contributed by atoms with van der Waals surface area (Å²) in [5.74, 6) is 1.22. The van der Waals surface area contributed by atoms with Crippen molar-refractivity contribution in [1.29, 1.82) is 0 Å². The summed E-state index contributed by atoms with van der Waals surface area (Å²) in [4.78, 5) is 15.5. The summed E-state index contributed by atoms with van der Waals surface area (Å²) >= 11 is 6.11. The fourth-order valence-electron chi connectivity index (χ4n) is 4.45. The summed E-state index contributed by atoms with van der Waals surface area (Å²) in [6.45, 7) is 2.49. The first kappa shape index (κ1) is 22.0. The number of aromatic nitrogens is 2. The Bertz CT molecular complexity index is 1350. The molecule has 0 saturated heterocycles. The highest BCUT2D eigenvalue weighted by atomic mass is 35.5. The average Bonchev–Trinajstić information content (AvgIpc) is 3.40. The van der Waals surface area contributed by atoms with Gasteiger partial charge in [-0.05, 0) is 36.8 Å². The van der Waals surface area contributed by atoms with Gasteiger partial charge in [-0.25, -0.2) is 0 Å². The van der Waals surface area contributed by atoms with Crippen LogP contribution in [0.1, 0.15) is 38.8 Å². The third-order valence-electron chi connectivity index (χ3n) is 6.19. The summed E-state index contributed by atoms with van der Waals surface area (Å²) in [5, 5.41) is 8.16. The van der Waals surface area contributed by atoms with Crippen molar-refractivity contribution in [2.45, 2.75) is 19.5 Å². The highest BCUT2D eigenvalue weighted by Gasteiger charge is 2.43. The van der Waals surface area contributed by atoms with Gasteiger partial charge in [0.25, 0.3) is 5.91 Å². The van der Waals surface area contributed by atoms with Crippen molar-refractivity contribution in [3.05, 3.63) is 99.7 Å². The third kappa shape index (κ3) is 3.80. The van der Waals surface area contributed by atoms with Crippen LogP contribution in [0.3, 0.4) is 0 Å². The highest BCUT2D eigenvalue weighted by molar-refractivity contribution is 6.30. The van der Waals surface area contributed by atoms with Gasteiger partial charge in [0.05, 0.1) is 26.0 Å². The number of halogens is 1. The minimum atomic E-state index is -0.394. The number of ether oxygens (including phenoxy) is 2. The summed E-state index contributed by atoms with van der Waals surface area (Å²) in [5.41, 5.74) is 5.98. The molecule has 3 aromatic carbocycles. The van der Waals surface area contributed by atoms with Crippen LogP contribution in [-0.2, 0) is 6.54 Å². The molecule has 7 heteroatoms. The van der Waals surface area contributed by atoms with Crippen LogP contribution in [0.5, 0.6) is 11.5 Å². The second-order valence-electron chi connectivity index (χ2n) is 8.30. The molecule has 2 heterocycles. The van der Waals surface area contributed by atoms with Gasteiger partial charge in [-0.3, -0.25) is 9.89 Å². The van der Waals surface area contributed by atoms with Gasteiger partial charge in [0.15, 0.2) is 0 Å². The lowest BCUT2D eigenvalue weighted by Gasteiger charge is -2.28. The second kappa shape index (κ2) is 8.88. The molecule has 0 spiro atoms.